The highest BCUT2D eigenvalue weighted by molar-refractivity contribution is 6.33. The molecule has 4 N–H and O–H groups in total. The maximum Gasteiger partial charge on any atom is 0.319 e. The lowest BCUT2D eigenvalue weighted by atomic mass is 10.2. The van der Waals surface area contributed by atoms with E-state index in [1.54, 1.807) is 24.3 Å². The van der Waals surface area contributed by atoms with Crippen molar-refractivity contribution in [2.45, 2.75) is 19.4 Å². The van der Waals surface area contributed by atoms with Crippen LogP contribution in [0.5, 0.6) is 0 Å². The minimum atomic E-state index is -0.346. The number of carbonyl (C=O) groups is 2. The fraction of sp³-hybridized carbons (Fsp3) is 0.300. The molecular formula is C20H23ClN4O2. The third kappa shape index (κ3) is 6.58. The van der Waals surface area contributed by atoms with Crippen molar-refractivity contribution >= 4 is 34.9 Å². The summed E-state index contributed by atoms with van der Waals surface area (Å²) in [6.45, 7) is 1.54. The van der Waals surface area contributed by atoms with E-state index in [1.165, 1.54) is 12.8 Å². The summed E-state index contributed by atoms with van der Waals surface area (Å²) in [6.07, 6.45) is 2.52. The topological polar surface area (TPSA) is 82.3 Å². The molecule has 0 unspecified atom stereocenters. The molecule has 1 saturated carbocycles. The lowest BCUT2D eigenvalue weighted by Crippen LogP contribution is -2.29. The molecule has 6 nitrogen and oxygen atoms in total. The fourth-order valence-corrected chi connectivity index (χ4v) is 2.77. The molecular weight excluding hydrogens is 364 g/mol. The van der Waals surface area contributed by atoms with Gasteiger partial charge in [-0.3, -0.25) is 4.79 Å². The monoisotopic (exact) mass is 386 g/mol. The van der Waals surface area contributed by atoms with Gasteiger partial charge in [0.1, 0.15) is 0 Å². The maximum absolute atomic E-state index is 12.0. The van der Waals surface area contributed by atoms with Gasteiger partial charge < -0.3 is 21.3 Å². The van der Waals surface area contributed by atoms with Crippen molar-refractivity contribution in [2.24, 2.45) is 5.92 Å². The smallest absolute Gasteiger partial charge is 0.319 e. The van der Waals surface area contributed by atoms with Crippen LogP contribution in [0.3, 0.4) is 0 Å². The van der Waals surface area contributed by atoms with Crippen LogP contribution in [0.1, 0.15) is 18.4 Å². The van der Waals surface area contributed by atoms with Crippen molar-refractivity contribution < 1.29 is 9.59 Å². The van der Waals surface area contributed by atoms with E-state index in [9.17, 15) is 9.59 Å². The second kappa shape index (κ2) is 9.39. The Bertz CT molecular complexity index is 808. The van der Waals surface area contributed by atoms with Crippen LogP contribution < -0.4 is 21.3 Å². The third-order valence-corrected chi connectivity index (χ3v) is 4.53. The van der Waals surface area contributed by atoms with Crippen molar-refractivity contribution in [3.8, 4) is 0 Å². The number of para-hydroxylation sites is 1. The van der Waals surface area contributed by atoms with Crippen LogP contribution >= 0.6 is 11.6 Å². The number of anilines is 2. The van der Waals surface area contributed by atoms with Crippen molar-refractivity contribution in [3.63, 3.8) is 0 Å². The highest BCUT2D eigenvalue weighted by atomic mass is 35.5. The molecule has 1 aliphatic carbocycles. The summed E-state index contributed by atoms with van der Waals surface area (Å²) in [7, 11) is 0. The molecule has 142 valence electrons. The quantitative estimate of drug-likeness (QED) is 0.559. The summed E-state index contributed by atoms with van der Waals surface area (Å²) in [5.41, 5.74) is 2.14. The van der Waals surface area contributed by atoms with E-state index in [1.807, 2.05) is 24.3 Å². The molecule has 0 bridgehead atoms. The Hall–Kier alpha value is -2.57. The standard InChI is InChI=1S/C20H23ClN4O2/c21-17-6-1-2-7-18(17)25-20(27)23-12-15-4-3-5-16(10-15)24-19(26)13-22-11-14-8-9-14/h1-7,10,14,22H,8-9,11-13H2,(H,24,26)(H2,23,25,27). The molecule has 1 fully saturated rings. The summed E-state index contributed by atoms with van der Waals surface area (Å²) in [5.74, 6) is 0.668. The number of benzene rings is 2. The Balaban J connectivity index is 1.44. The van der Waals surface area contributed by atoms with E-state index in [4.69, 9.17) is 11.6 Å². The van der Waals surface area contributed by atoms with Crippen LogP contribution in [0.4, 0.5) is 16.2 Å². The minimum Gasteiger partial charge on any atom is -0.334 e. The number of amides is 3. The molecule has 0 heterocycles. The molecule has 3 rings (SSSR count). The number of carbonyl (C=O) groups excluding carboxylic acids is 2. The first-order valence-electron chi connectivity index (χ1n) is 8.99. The zero-order valence-corrected chi connectivity index (χ0v) is 15.7. The van der Waals surface area contributed by atoms with Gasteiger partial charge in [-0.25, -0.2) is 4.79 Å². The van der Waals surface area contributed by atoms with Crippen LogP contribution in [0, 0.1) is 5.92 Å². The van der Waals surface area contributed by atoms with Gasteiger partial charge in [0.05, 0.1) is 17.3 Å². The molecule has 7 heteroatoms. The zero-order chi connectivity index (χ0) is 19.1. The van der Waals surface area contributed by atoms with Gasteiger partial charge in [0.15, 0.2) is 0 Å². The second-order valence-corrected chi connectivity index (χ2v) is 7.02. The normalized spacial score (nSPS) is 13.1. The van der Waals surface area contributed by atoms with Gasteiger partial charge in [0.25, 0.3) is 0 Å². The van der Waals surface area contributed by atoms with Gasteiger partial charge in [-0.05, 0) is 55.1 Å². The van der Waals surface area contributed by atoms with E-state index < -0.39 is 0 Å². The first kappa shape index (κ1) is 19.2. The number of hydrogen-bond acceptors (Lipinski definition) is 3. The number of rotatable bonds is 8. The minimum absolute atomic E-state index is 0.0720. The molecule has 0 radical (unpaired) electrons. The molecule has 27 heavy (non-hydrogen) atoms. The Labute approximate surface area is 163 Å². The van der Waals surface area contributed by atoms with E-state index in [0.717, 1.165) is 18.0 Å². The van der Waals surface area contributed by atoms with Crippen LogP contribution in [-0.2, 0) is 11.3 Å². The molecule has 0 saturated heterocycles. The van der Waals surface area contributed by atoms with Gasteiger partial charge in [0.2, 0.25) is 5.91 Å². The van der Waals surface area contributed by atoms with E-state index >= 15 is 0 Å². The van der Waals surface area contributed by atoms with Gasteiger partial charge in [-0.1, -0.05) is 35.9 Å². The van der Waals surface area contributed by atoms with Crippen LogP contribution in [0.2, 0.25) is 5.02 Å². The second-order valence-electron chi connectivity index (χ2n) is 6.61. The number of urea groups is 1. The maximum atomic E-state index is 12.0. The molecule has 0 atom stereocenters. The largest absolute Gasteiger partial charge is 0.334 e. The van der Waals surface area contributed by atoms with Crippen molar-refractivity contribution in [2.75, 3.05) is 23.7 Å². The molecule has 0 aromatic heterocycles. The zero-order valence-electron chi connectivity index (χ0n) is 14.9. The lowest BCUT2D eigenvalue weighted by Gasteiger charge is -2.10. The Morgan fingerprint density at radius 3 is 2.63 bits per heavy atom. The lowest BCUT2D eigenvalue weighted by molar-refractivity contribution is -0.115. The first-order chi connectivity index (χ1) is 13.1. The first-order valence-corrected chi connectivity index (χ1v) is 9.37. The summed E-state index contributed by atoms with van der Waals surface area (Å²) < 4.78 is 0. The number of halogens is 1. The van der Waals surface area contributed by atoms with Gasteiger partial charge in [-0.15, -0.1) is 0 Å². The molecule has 2 aromatic rings. The molecule has 0 spiro atoms. The predicted molar refractivity (Wildman–Crippen MR) is 108 cm³/mol. The van der Waals surface area contributed by atoms with Crippen molar-refractivity contribution in [1.29, 1.82) is 0 Å². The van der Waals surface area contributed by atoms with E-state index in [-0.39, 0.29) is 11.9 Å². The van der Waals surface area contributed by atoms with Crippen molar-refractivity contribution in [3.05, 3.63) is 59.1 Å². The summed E-state index contributed by atoms with van der Waals surface area (Å²) in [4.78, 5) is 24.0. The molecule has 3 amide bonds. The SMILES string of the molecule is O=C(CNCC1CC1)Nc1cccc(CNC(=O)Nc2ccccc2Cl)c1. The Morgan fingerprint density at radius 2 is 1.85 bits per heavy atom. The van der Waals surface area contributed by atoms with Gasteiger partial charge >= 0.3 is 6.03 Å². The van der Waals surface area contributed by atoms with E-state index in [0.29, 0.717) is 29.5 Å². The molecule has 1 aliphatic rings. The van der Waals surface area contributed by atoms with Crippen LogP contribution in [0.15, 0.2) is 48.5 Å². The Kier molecular flexibility index (Phi) is 6.68. The van der Waals surface area contributed by atoms with Crippen molar-refractivity contribution in [1.82, 2.24) is 10.6 Å². The predicted octanol–water partition coefficient (Wildman–Crippen LogP) is 3.60. The molecule has 2 aromatic carbocycles. The third-order valence-electron chi connectivity index (χ3n) is 4.20. The van der Waals surface area contributed by atoms with Gasteiger partial charge in [-0.2, -0.15) is 0 Å². The highest BCUT2D eigenvalue weighted by Crippen LogP contribution is 2.27. The average Bonchev–Trinajstić information content (AvgIpc) is 3.47. The summed E-state index contributed by atoms with van der Waals surface area (Å²) in [6, 6.07) is 14.1. The van der Waals surface area contributed by atoms with Gasteiger partial charge in [0, 0.05) is 12.2 Å². The number of hydrogen-bond donors (Lipinski definition) is 4. The van der Waals surface area contributed by atoms with Crippen LogP contribution in [-0.4, -0.2) is 25.0 Å². The fourth-order valence-electron chi connectivity index (χ4n) is 2.59. The summed E-state index contributed by atoms with van der Waals surface area (Å²) in [5, 5.41) is 12.0. The van der Waals surface area contributed by atoms with Crippen LogP contribution in [0.25, 0.3) is 0 Å². The molecule has 0 aliphatic heterocycles. The highest BCUT2D eigenvalue weighted by Gasteiger charge is 2.20. The Morgan fingerprint density at radius 1 is 1.04 bits per heavy atom. The average molecular weight is 387 g/mol. The number of nitrogens with one attached hydrogen (secondary N) is 4. The summed E-state index contributed by atoms with van der Waals surface area (Å²) >= 11 is 6.02. The van der Waals surface area contributed by atoms with E-state index in [2.05, 4.69) is 21.3 Å².